The molecular weight excluding hydrogens is 444 g/mol. The molecule has 1 saturated heterocycles. The van der Waals surface area contributed by atoms with Crippen LogP contribution in [0.5, 0.6) is 0 Å². The molecule has 0 aromatic heterocycles. The summed E-state index contributed by atoms with van der Waals surface area (Å²) in [5, 5.41) is 2.84. The third kappa shape index (κ3) is 4.27. The quantitative estimate of drug-likeness (QED) is 0.378. The van der Waals surface area contributed by atoms with Crippen molar-refractivity contribution in [2.75, 3.05) is 5.32 Å². The fourth-order valence-corrected chi connectivity index (χ4v) is 5.57. The average Bonchev–Trinajstić information content (AvgIpc) is 3.52. The summed E-state index contributed by atoms with van der Waals surface area (Å²) in [6.07, 6.45) is 4.91. The van der Waals surface area contributed by atoms with Gasteiger partial charge in [0.05, 0.1) is 23.5 Å². The van der Waals surface area contributed by atoms with E-state index in [1.165, 1.54) is 4.90 Å². The van der Waals surface area contributed by atoms with Crippen molar-refractivity contribution in [2.24, 2.45) is 23.7 Å². The second-order valence-electron chi connectivity index (χ2n) is 9.77. The molecule has 2 aliphatic carbocycles. The smallest absolute Gasteiger partial charge is 0.338 e. The van der Waals surface area contributed by atoms with Crippen LogP contribution in [0.4, 0.5) is 5.69 Å². The highest BCUT2D eigenvalue weighted by molar-refractivity contribution is 6.11. The number of anilines is 1. The van der Waals surface area contributed by atoms with Gasteiger partial charge in [-0.25, -0.2) is 4.79 Å². The van der Waals surface area contributed by atoms with Gasteiger partial charge in [-0.3, -0.25) is 19.3 Å². The molecular formula is C28H28N2O5. The maximum absolute atomic E-state index is 13.5. The van der Waals surface area contributed by atoms with Gasteiger partial charge in [0.25, 0.3) is 0 Å². The lowest BCUT2D eigenvalue weighted by Crippen LogP contribution is -2.49. The summed E-state index contributed by atoms with van der Waals surface area (Å²) in [4.78, 5) is 53.6. The SMILES string of the molecule is CC(C)OC(=O)c1ccc(NC(=O)[C@@H](Cc2ccccc2)N2C(=O)[C@@H]3[C@H](C2=O)[C@@H]2C=C[C@H]3C2)cc1. The molecule has 3 aliphatic rings. The number of likely N-dealkylation sites (tertiary alicyclic amines) is 1. The first kappa shape index (κ1) is 23.0. The number of benzene rings is 2. The van der Waals surface area contributed by atoms with Crippen LogP contribution < -0.4 is 5.32 Å². The Hall–Kier alpha value is -3.74. The predicted octanol–water partition coefficient (Wildman–Crippen LogP) is 3.61. The van der Waals surface area contributed by atoms with Gasteiger partial charge in [0.2, 0.25) is 17.7 Å². The monoisotopic (exact) mass is 472 g/mol. The van der Waals surface area contributed by atoms with Crippen LogP contribution in [0, 0.1) is 23.7 Å². The molecule has 0 radical (unpaired) electrons. The molecule has 2 aromatic rings. The van der Waals surface area contributed by atoms with Crippen molar-refractivity contribution in [1.82, 2.24) is 4.90 Å². The van der Waals surface area contributed by atoms with Gasteiger partial charge in [0.15, 0.2) is 0 Å². The van der Waals surface area contributed by atoms with E-state index >= 15 is 0 Å². The Balaban J connectivity index is 1.38. The molecule has 1 aliphatic heterocycles. The summed E-state index contributed by atoms with van der Waals surface area (Å²) in [5.74, 6) is -1.96. The summed E-state index contributed by atoms with van der Waals surface area (Å²) < 4.78 is 5.20. The van der Waals surface area contributed by atoms with Crippen LogP contribution in [0.25, 0.3) is 0 Å². The molecule has 7 heteroatoms. The normalized spacial score (nSPS) is 25.2. The minimum Gasteiger partial charge on any atom is -0.459 e. The molecule has 2 bridgehead atoms. The first-order valence-electron chi connectivity index (χ1n) is 12.0. The highest BCUT2D eigenvalue weighted by atomic mass is 16.5. The zero-order valence-corrected chi connectivity index (χ0v) is 19.7. The number of fused-ring (bicyclic) bond motifs is 5. The predicted molar refractivity (Wildman–Crippen MR) is 129 cm³/mol. The molecule has 0 unspecified atom stereocenters. The van der Waals surface area contributed by atoms with Crippen molar-refractivity contribution in [3.63, 3.8) is 0 Å². The van der Waals surface area contributed by atoms with Gasteiger partial charge in [-0.05, 0) is 61.9 Å². The van der Waals surface area contributed by atoms with Crippen LogP contribution in [0.1, 0.15) is 36.2 Å². The molecule has 5 rings (SSSR count). The summed E-state index contributed by atoms with van der Waals surface area (Å²) in [7, 11) is 0. The van der Waals surface area contributed by atoms with Gasteiger partial charge in [0, 0.05) is 12.1 Å². The van der Waals surface area contributed by atoms with E-state index in [-0.39, 0.29) is 48.0 Å². The van der Waals surface area contributed by atoms with E-state index < -0.39 is 17.9 Å². The van der Waals surface area contributed by atoms with E-state index in [2.05, 4.69) is 5.32 Å². The fourth-order valence-electron chi connectivity index (χ4n) is 5.57. The third-order valence-corrected chi connectivity index (χ3v) is 7.12. The number of hydrogen-bond acceptors (Lipinski definition) is 5. The van der Waals surface area contributed by atoms with Crippen molar-refractivity contribution >= 4 is 29.4 Å². The molecule has 1 saturated carbocycles. The van der Waals surface area contributed by atoms with Crippen LogP contribution in [-0.4, -0.2) is 40.7 Å². The first-order valence-corrected chi connectivity index (χ1v) is 12.0. The zero-order chi connectivity index (χ0) is 24.7. The number of nitrogens with zero attached hydrogens (tertiary/aromatic N) is 1. The molecule has 3 amide bonds. The minimum atomic E-state index is -0.965. The Morgan fingerprint density at radius 2 is 1.54 bits per heavy atom. The lowest BCUT2D eigenvalue weighted by molar-refractivity contribution is -0.147. The van der Waals surface area contributed by atoms with Crippen LogP contribution in [0.15, 0.2) is 66.7 Å². The summed E-state index contributed by atoms with van der Waals surface area (Å²) in [6, 6.07) is 14.8. The second kappa shape index (κ2) is 9.13. The molecule has 1 N–H and O–H groups in total. The topological polar surface area (TPSA) is 92.8 Å². The summed E-state index contributed by atoms with van der Waals surface area (Å²) in [6.45, 7) is 3.55. The van der Waals surface area contributed by atoms with Gasteiger partial charge < -0.3 is 10.1 Å². The molecule has 0 spiro atoms. The van der Waals surface area contributed by atoms with E-state index in [9.17, 15) is 19.2 Å². The first-order chi connectivity index (χ1) is 16.8. The number of nitrogens with one attached hydrogen (secondary N) is 1. The van der Waals surface area contributed by atoms with E-state index in [0.29, 0.717) is 11.3 Å². The fraction of sp³-hybridized carbons (Fsp3) is 0.357. The average molecular weight is 473 g/mol. The second-order valence-corrected chi connectivity index (χ2v) is 9.77. The maximum Gasteiger partial charge on any atom is 0.338 e. The molecule has 7 nitrogen and oxygen atoms in total. The lowest BCUT2D eigenvalue weighted by atomic mass is 9.85. The minimum absolute atomic E-state index is 0.0741. The van der Waals surface area contributed by atoms with Crippen molar-refractivity contribution in [1.29, 1.82) is 0 Å². The highest BCUT2D eigenvalue weighted by Gasteiger charge is 2.61. The van der Waals surface area contributed by atoms with E-state index in [0.717, 1.165) is 12.0 Å². The number of imide groups is 1. The molecule has 1 heterocycles. The van der Waals surface area contributed by atoms with Gasteiger partial charge in [0.1, 0.15) is 6.04 Å². The molecule has 2 fully saturated rings. The van der Waals surface area contributed by atoms with Crippen LogP contribution >= 0.6 is 0 Å². The molecule has 5 atom stereocenters. The van der Waals surface area contributed by atoms with Crippen molar-refractivity contribution < 1.29 is 23.9 Å². The van der Waals surface area contributed by atoms with Gasteiger partial charge in [-0.2, -0.15) is 0 Å². The Morgan fingerprint density at radius 1 is 0.943 bits per heavy atom. The van der Waals surface area contributed by atoms with Crippen molar-refractivity contribution in [3.8, 4) is 0 Å². The Kier molecular flexibility index (Phi) is 6.01. The Labute approximate surface area is 204 Å². The number of rotatable bonds is 7. The maximum atomic E-state index is 13.5. The van der Waals surface area contributed by atoms with Crippen molar-refractivity contribution in [3.05, 3.63) is 77.9 Å². The van der Waals surface area contributed by atoms with Crippen molar-refractivity contribution in [2.45, 2.75) is 38.8 Å². The number of carbonyl (C=O) groups is 4. The third-order valence-electron chi connectivity index (χ3n) is 7.12. The van der Waals surface area contributed by atoms with Gasteiger partial charge in [-0.1, -0.05) is 42.5 Å². The largest absolute Gasteiger partial charge is 0.459 e. The Bertz CT molecular complexity index is 1160. The highest BCUT2D eigenvalue weighted by Crippen LogP contribution is 2.53. The standard InChI is InChI=1S/C28H28N2O5/c1-16(2)35-28(34)18-10-12-21(13-11-18)29-25(31)22(14-17-6-4-3-5-7-17)30-26(32)23-19-8-9-20(15-19)24(23)27(30)33/h3-13,16,19-20,22-24H,14-15H2,1-2H3,(H,29,31)/t19-,20+,22-,23-,24+/m1/s1. The number of amides is 3. The lowest BCUT2D eigenvalue weighted by Gasteiger charge is -2.27. The summed E-state index contributed by atoms with van der Waals surface area (Å²) >= 11 is 0. The number of carbonyl (C=O) groups excluding carboxylic acids is 4. The molecule has 180 valence electrons. The number of esters is 1. The van der Waals surface area contributed by atoms with Crippen LogP contribution in [0.3, 0.4) is 0 Å². The molecule has 35 heavy (non-hydrogen) atoms. The van der Waals surface area contributed by atoms with Gasteiger partial charge in [-0.15, -0.1) is 0 Å². The Morgan fingerprint density at radius 3 is 2.11 bits per heavy atom. The van der Waals surface area contributed by atoms with Crippen LogP contribution in [0.2, 0.25) is 0 Å². The van der Waals surface area contributed by atoms with E-state index in [1.807, 2.05) is 42.5 Å². The number of ether oxygens (including phenoxy) is 1. The number of allylic oxidation sites excluding steroid dienone is 2. The van der Waals surface area contributed by atoms with E-state index in [1.54, 1.807) is 38.1 Å². The molecule has 2 aromatic carbocycles. The van der Waals surface area contributed by atoms with Gasteiger partial charge >= 0.3 is 5.97 Å². The zero-order valence-electron chi connectivity index (χ0n) is 19.7. The van der Waals surface area contributed by atoms with E-state index in [4.69, 9.17) is 4.74 Å². The summed E-state index contributed by atoms with van der Waals surface area (Å²) in [5.41, 5.74) is 1.70. The van der Waals surface area contributed by atoms with Crippen LogP contribution in [-0.2, 0) is 25.5 Å². The number of hydrogen-bond donors (Lipinski definition) is 1.